The van der Waals surface area contributed by atoms with Crippen LogP contribution < -0.4 is 0 Å². The highest BCUT2D eigenvalue weighted by Crippen LogP contribution is 2.32. The highest BCUT2D eigenvalue weighted by molar-refractivity contribution is 7.99. The number of carboxylic acid groups (broad SMARTS) is 1. The lowest BCUT2D eigenvalue weighted by Gasteiger charge is -2.05. The Hall–Kier alpha value is -2.39. The summed E-state index contributed by atoms with van der Waals surface area (Å²) in [4.78, 5) is 11.0. The number of benzene rings is 2. The minimum Gasteiger partial charge on any atom is -0.478 e. The van der Waals surface area contributed by atoms with Gasteiger partial charge in [-0.05, 0) is 36.4 Å². The number of rotatable bonds is 3. The van der Waals surface area contributed by atoms with E-state index in [1.54, 1.807) is 6.07 Å². The van der Waals surface area contributed by atoms with Gasteiger partial charge in [0.2, 0.25) is 0 Å². The van der Waals surface area contributed by atoms with Gasteiger partial charge >= 0.3 is 5.97 Å². The number of nitrogens with zero attached hydrogens (tertiary/aromatic N) is 1. The molecule has 0 saturated heterocycles. The van der Waals surface area contributed by atoms with Gasteiger partial charge in [0.25, 0.3) is 0 Å². The molecule has 20 heavy (non-hydrogen) atoms. The largest absolute Gasteiger partial charge is 0.478 e. The molecular weight excluding hydrogens is 284 g/mol. The van der Waals surface area contributed by atoms with Crippen molar-refractivity contribution in [3.63, 3.8) is 0 Å². The SMILES string of the molecule is N#Cc1cc(F)c(Sc2ccc(C(=O)O)cc2)c(F)c1. The molecule has 0 aliphatic carbocycles. The average Bonchev–Trinajstić information content (AvgIpc) is 2.43. The average molecular weight is 291 g/mol. The van der Waals surface area contributed by atoms with Crippen LogP contribution in [0.3, 0.4) is 0 Å². The van der Waals surface area contributed by atoms with E-state index in [9.17, 15) is 13.6 Å². The summed E-state index contributed by atoms with van der Waals surface area (Å²) in [5.41, 5.74) is 0.000646. The van der Waals surface area contributed by atoms with Crippen LogP contribution in [0.4, 0.5) is 8.78 Å². The number of nitriles is 1. The summed E-state index contributed by atoms with van der Waals surface area (Å²) >= 11 is 0.828. The molecule has 0 unspecified atom stereocenters. The van der Waals surface area contributed by atoms with E-state index >= 15 is 0 Å². The van der Waals surface area contributed by atoms with Crippen LogP contribution in [0, 0.1) is 23.0 Å². The minimum atomic E-state index is -1.07. The van der Waals surface area contributed by atoms with Crippen molar-refractivity contribution in [3.05, 3.63) is 59.2 Å². The van der Waals surface area contributed by atoms with Crippen LogP contribution in [-0.2, 0) is 0 Å². The van der Waals surface area contributed by atoms with Crippen LogP contribution in [0.1, 0.15) is 15.9 Å². The second-order valence-corrected chi connectivity index (χ2v) is 4.90. The number of carbonyl (C=O) groups is 1. The predicted molar refractivity (Wildman–Crippen MR) is 68.6 cm³/mol. The van der Waals surface area contributed by atoms with E-state index in [4.69, 9.17) is 10.4 Å². The van der Waals surface area contributed by atoms with Gasteiger partial charge in [-0.1, -0.05) is 11.8 Å². The third-order valence-corrected chi connectivity index (χ3v) is 3.55. The van der Waals surface area contributed by atoms with Crippen LogP contribution in [0.2, 0.25) is 0 Å². The zero-order chi connectivity index (χ0) is 14.7. The molecule has 0 aliphatic heterocycles. The summed E-state index contributed by atoms with van der Waals surface area (Å²) in [6.45, 7) is 0. The van der Waals surface area contributed by atoms with E-state index in [-0.39, 0.29) is 16.0 Å². The van der Waals surface area contributed by atoms with Crippen LogP contribution in [-0.4, -0.2) is 11.1 Å². The minimum absolute atomic E-state index is 0.0921. The lowest BCUT2D eigenvalue weighted by molar-refractivity contribution is 0.0697. The maximum atomic E-state index is 13.7. The first kappa shape index (κ1) is 14.0. The van der Waals surface area contributed by atoms with Gasteiger partial charge in [0, 0.05) is 4.90 Å². The number of hydrogen-bond acceptors (Lipinski definition) is 3. The lowest BCUT2D eigenvalue weighted by atomic mass is 10.2. The van der Waals surface area contributed by atoms with E-state index in [0.29, 0.717) is 4.90 Å². The van der Waals surface area contributed by atoms with E-state index in [1.807, 2.05) is 0 Å². The molecule has 0 bridgehead atoms. The standard InChI is InChI=1S/C14H7F2NO2S/c15-11-5-8(7-17)6-12(16)13(11)20-10-3-1-9(2-4-10)14(18)19/h1-6H,(H,18,19). The lowest BCUT2D eigenvalue weighted by Crippen LogP contribution is -1.95. The van der Waals surface area contributed by atoms with Crippen molar-refractivity contribution in [2.45, 2.75) is 9.79 Å². The molecule has 2 aromatic rings. The van der Waals surface area contributed by atoms with Crippen molar-refractivity contribution in [2.75, 3.05) is 0 Å². The number of aromatic carboxylic acids is 1. The molecule has 2 rings (SSSR count). The second kappa shape index (κ2) is 5.72. The zero-order valence-electron chi connectivity index (χ0n) is 9.93. The van der Waals surface area contributed by atoms with E-state index in [2.05, 4.69) is 0 Å². The first-order valence-corrected chi connectivity index (χ1v) is 6.23. The normalized spacial score (nSPS) is 10.1. The van der Waals surface area contributed by atoms with Crippen LogP contribution in [0.5, 0.6) is 0 Å². The van der Waals surface area contributed by atoms with Gasteiger partial charge in [0.15, 0.2) is 0 Å². The van der Waals surface area contributed by atoms with Crippen molar-refractivity contribution in [3.8, 4) is 6.07 Å². The third-order valence-electron chi connectivity index (χ3n) is 2.45. The molecule has 0 saturated carbocycles. The topological polar surface area (TPSA) is 61.1 Å². The van der Waals surface area contributed by atoms with E-state index in [1.165, 1.54) is 24.3 Å². The van der Waals surface area contributed by atoms with Crippen molar-refractivity contribution in [1.29, 1.82) is 5.26 Å². The summed E-state index contributed by atoms with van der Waals surface area (Å²) in [5.74, 6) is -2.72. The Morgan fingerprint density at radius 2 is 1.70 bits per heavy atom. The third kappa shape index (κ3) is 2.95. The Morgan fingerprint density at radius 1 is 1.15 bits per heavy atom. The van der Waals surface area contributed by atoms with Gasteiger partial charge in [-0.2, -0.15) is 5.26 Å². The molecule has 0 aliphatic rings. The maximum absolute atomic E-state index is 13.7. The van der Waals surface area contributed by atoms with Gasteiger partial charge in [-0.3, -0.25) is 0 Å². The Balaban J connectivity index is 2.31. The molecule has 0 amide bonds. The molecular formula is C14H7F2NO2S. The molecule has 2 aromatic carbocycles. The highest BCUT2D eigenvalue weighted by atomic mass is 32.2. The summed E-state index contributed by atoms with van der Waals surface area (Å²) in [7, 11) is 0. The Labute approximate surface area is 117 Å². The van der Waals surface area contributed by atoms with Gasteiger partial charge in [0.1, 0.15) is 11.6 Å². The Bertz CT molecular complexity index is 685. The smallest absolute Gasteiger partial charge is 0.335 e. The molecule has 0 fully saturated rings. The number of halogens is 2. The summed E-state index contributed by atoms with van der Waals surface area (Å²) in [6.07, 6.45) is 0. The second-order valence-electron chi connectivity index (χ2n) is 3.81. The monoisotopic (exact) mass is 291 g/mol. The molecule has 0 aromatic heterocycles. The molecule has 0 radical (unpaired) electrons. The Kier molecular flexibility index (Phi) is 4.01. The van der Waals surface area contributed by atoms with Crippen molar-refractivity contribution in [1.82, 2.24) is 0 Å². The fourth-order valence-electron chi connectivity index (χ4n) is 1.51. The zero-order valence-corrected chi connectivity index (χ0v) is 10.7. The van der Waals surface area contributed by atoms with Crippen molar-refractivity contribution < 1.29 is 18.7 Å². The first-order valence-electron chi connectivity index (χ1n) is 5.41. The summed E-state index contributed by atoms with van der Waals surface area (Å²) in [5, 5.41) is 17.4. The van der Waals surface area contributed by atoms with Gasteiger partial charge < -0.3 is 5.11 Å². The maximum Gasteiger partial charge on any atom is 0.335 e. The summed E-state index contributed by atoms with van der Waals surface area (Å²) < 4.78 is 27.4. The Morgan fingerprint density at radius 3 is 2.15 bits per heavy atom. The summed E-state index contributed by atoms with van der Waals surface area (Å²) in [6, 6.07) is 9.21. The molecule has 0 atom stereocenters. The molecule has 100 valence electrons. The van der Waals surface area contributed by atoms with Gasteiger partial charge in [-0.15, -0.1) is 0 Å². The molecule has 0 spiro atoms. The number of hydrogen-bond donors (Lipinski definition) is 1. The van der Waals surface area contributed by atoms with E-state index < -0.39 is 17.6 Å². The predicted octanol–water partition coefficient (Wildman–Crippen LogP) is 3.69. The van der Waals surface area contributed by atoms with Gasteiger partial charge in [0.05, 0.1) is 22.1 Å². The fourth-order valence-corrected chi connectivity index (χ4v) is 2.33. The van der Waals surface area contributed by atoms with Gasteiger partial charge in [-0.25, -0.2) is 13.6 Å². The van der Waals surface area contributed by atoms with Crippen LogP contribution in [0.25, 0.3) is 0 Å². The quantitative estimate of drug-likeness (QED) is 0.937. The molecule has 0 heterocycles. The van der Waals surface area contributed by atoms with Crippen LogP contribution >= 0.6 is 11.8 Å². The van der Waals surface area contributed by atoms with E-state index in [0.717, 1.165) is 23.9 Å². The fraction of sp³-hybridized carbons (Fsp3) is 0. The first-order chi connectivity index (χ1) is 9.51. The molecule has 6 heteroatoms. The molecule has 1 N–H and O–H groups in total. The number of carboxylic acids is 1. The van der Waals surface area contributed by atoms with Crippen molar-refractivity contribution >= 4 is 17.7 Å². The highest BCUT2D eigenvalue weighted by Gasteiger charge is 2.13. The van der Waals surface area contributed by atoms with Crippen molar-refractivity contribution in [2.24, 2.45) is 0 Å². The van der Waals surface area contributed by atoms with Crippen LogP contribution in [0.15, 0.2) is 46.2 Å². The molecule has 3 nitrogen and oxygen atoms in total.